The second-order valence-corrected chi connectivity index (χ2v) is 6.10. The number of nitrogen functional groups attached to an aromatic ring is 1. The standard InChI is InChI=1S/C17H22N8O2/c1-24(2)9-7-20-13-5-8-25-16(22-13)14(15(18)23-25)17(26)21-11-10-19-6-4-12(11)27-3/h4-6,8,10H,7,9H2,1-3H3,(H2,18,23)(H,20,22)(H,21,26). The van der Waals surface area contributed by atoms with Gasteiger partial charge >= 0.3 is 0 Å². The third-order valence-corrected chi connectivity index (χ3v) is 3.85. The quantitative estimate of drug-likeness (QED) is 0.562. The van der Waals surface area contributed by atoms with Crippen LogP contribution < -0.4 is 21.1 Å². The summed E-state index contributed by atoms with van der Waals surface area (Å²) in [4.78, 5) is 23.3. The number of nitrogens with one attached hydrogen (secondary N) is 2. The second kappa shape index (κ2) is 7.87. The number of pyridine rings is 1. The molecule has 0 radical (unpaired) electrons. The Kier molecular flexibility index (Phi) is 5.36. The topological polar surface area (TPSA) is 123 Å². The fourth-order valence-corrected chi connectivity index (χ4v) is 2.51. The number of rotatable bonds is 7. The number of methoxy groups -OCH3 is 1. The van der Waals surface area contributed by atoms with Crippen LogP contribution >= 0.6 is 0 Å². The number of aromatic nitrogens is 4. The summed E-state index contributed by atoms with van der Waals surface area (Å²) in [5.74, 6) is 0.782. The molecular formula is C17H22N8O2. The maximum absolute atomic E-state index is 12.8. The van der Waals surface area contributed by atoms with E-state index < -0.39 is 5.91 Å². The van der Waals surface area contributed by atoms with Crippen molar-refractivity contribution in [1.82, 2.24) is 24.5 Å². The Bertz CT molecular complexity index is 953. The van der Waals surface area contributed by atoms with E-state index in [0.29, 0.717) is 29.4 Å². The number of ether oxygens (including phenoxy) is 1. The molecule has 3 aromatic heterocycles. The highest BCUT2D eigenvalue weighted by Crippen LogP contribution is 2.24. The summed E-state index contributed by atoms with van der Waals surface area (Å²) in [5.41, 5.74) is 6.95. The van der Waals surface area contributed by atoms with Gasteiger partial charge in [0.05, 0.1) is 13.3 Å². The number of hydrogen-bond acceptors (Lipinski definition) is 8. The minimum atomic E-state index is -0.438. The molecule has 3 heterocycles. The van der Waals surface area contributed by atoms with Crippen LogP contribution in [0.15, 0.2) is 30.7 Å². The van der Waals surface area contributed by atoms with Gasteiger partial charge in [-0.25, -0.2) is 9.50 Å². The van der Waals surface area contributed by atoms with E-state index in [9.17, 15) is 4.79 Å². The highest BCUT2D eigenvalue weighted by atomic mass is 16.5. The largest absolute Gasteiger partial charge is 0.494 e. The van der Waals surface area contributed by atoms with Gasteiger partial charge in [0.25, 0.3) is 5.91 Å². The zero-order chi connectivity index (χ0) is 19.4. The van der Waals surface area contributed by atoms with Crippen LogP contribution in [-0.2, 0) is 0 Å². The first-order valence-electron chi connectivity index (χ1n) is 8.32. The van der Waals surface area contributed by atoms with Gasteiger partial charge < -0.3 is 26.0 Å². The molecule has 0 saturated heterocycles. The van der Waals surface area contributed by atoms with Gasteiger partial charge in [-0.15, -0.1) is 5.10 Å². The normalized spacial score (nSPS) is 11.0. The number of likely N-dealkylation sites (N-methyl/N-ethyl adjacent to an activating group) is 1. The summed E-state index contributed by atoms with van der Waals surface area (Å²) < 4.78 is 6.70. The van der Waals surface area contributed by atoms with Crippen molar-refractivity contribution in [2.24, 2.45) is 0 Å². The van der Waals surface area contributed by atoms with E-state index in [1.807, 2.05) is 14.1 Å². The number of hydrogen-bond donors (Lipinski definition) is 3. The average Bonchev–Trinajstić information content (AvgIpc) is 2.97. The van der Waals surface area contributed by atoms with Crippen LogP contribution in [0.4, 0.5) is 17.3 Å². The summed E-state index contributed by atoms with van der Waals surface area (Å²) in [7, 11) is 5.50. The van der Waals surface area contributed by atoms with E-state index in [-0.39, 0.29) is 11.4 Å². The predicted octanol–water partition coefficient (Wildman–Crippen LogP) is 0.941. The number of nitrogens with two attached hydrogens (primary N) is 1. The van der Waals surface area contributed by atoms with Gasteiger partial charge in [-0.05, 0) is 20.2 Å². The number of amides is 1. The molecule has 27 heavy (non-hydrogen) atoms. The molecule has 0 aliphatic heterocycles. The van der Waals surface area contributed by atoms with Crippen molar-refractivity contribution in [3.63, 3.8) is 0 Å². The monoisotopic (exact) mass is 370 g/mol. The molecule has 142 valence electrons. The van der Waals surface area contributed by atoms with E-state index >= 15 is 0 Å². The molecule has 4 N–H and O–H groups in total. The number of carbonyl (C=O) groups excluding carboxylic acids is 1. The third-order valence-electron chi connectivity index (χ3n) is 3.85. The molecule has 0 atom stereocenters. The molecule has 0 spiro atoms. The summed E-state index contributed by atoms with van der Waals surface area (Å²) in [6.07, 6.45) is 4.78. The van der Waals surface area contributed by atoms with E-state index in [1.54, 1.807) is 24.5 Å². The Morgan fingerprint density at radius 1 is 1.37 bits per heavy atom. The summed E-state index contributed by atoms with van der Waals surface area (Å²) >= 11 is 0. The Morgan fingerprint density at radius 2 is 2.19 bits per heavy atom. The van der Waals surface area contributed by atoms with Crippen LogP contribution in [0.25, 0.3) is 5.65 Å². The van der Waals surface area contributed by atoms with Gasteiger partial charge in [0.15, 0.2) is 11.5 Å². The lowest BCUT2D eigenvalue weighted by atomic mass is 10.2. The van der Waals surface area contributed by atoms with Gasteiger partial charge in [-0.1, -0.05) is 0 Å². The maximum atomic E-state index is 12.8. The number of carbonyl (C=O) groups is 1. The van der Waals surface area contributed by atoms with Crippen LogP contribution in [0.1, 0.15) is 10.4 Å². The first kappa shape index (κ1) is 18.4. The number of nitrogens with zero attached hydrogens (tertiary/aromatic N) is 5. The van der Waals surface area contributed by atoms with Crippen molar-refractivity contribution < 1.29 is 9.53 Å². The van der Waals surface area contributed by atoms with Gasteiger partial charge in [0.2, 0.25) is 0 Å². The SMILES string of the molecule is COc1ccncc1NC(=O)c1c(N)nn2ccc(NCCN(C)C)nc12. The lowest BCUT2D eigenvalue weighted by molar-refractivity contribution is 0.102. The molecule has 10 heteroatoms. The molecule has 0 bridgehead atoms. The molecule has 0 saturated carbocycles. The van der Waals surface area contributed by atoms with Crippen LogP contribution in [0.5, 0.6) is 5.75 Å². The maximum Gasteiger partial charge on any atom is 0.263 e. The minimum Gasteiger partial charge on any atom is -0.494 e. The van der Waals surface area contributed by atoms with Crippen LogP contribution in [0.3, 0.4) is 0 Å². The van der Waals surface area contributed by atoms with Crippen molar-refractivity contribution in [3.8, 4) is 5.75 Å². The Balaban J connectivity index is 1.88. The lowest BCUT2D eigenvalue weighted by Gasteiger charge is -2.11. The highest BCUT2D eigenvalue weighted by Gasteiger charge is 2.21. The highest BCUT2D eigenvalue weighted by molar-refractivity contribution is 6.12. The molecule has 3 rings (SSSR count). The van der Waals surface area contributed by atoms with Crippen molar-refractivity contribution in [3.05, 3.63) is 36.3 Å². The predicted molar refractivity (Wildman–Crippen MR) is 103 cm³/mol. The molecule has 0 fully saturated rings. The van der Waals surface area contributed by atoms with E-state index in [1.165, 1.54) is 17.8 Å². The zero-order valence-corrected chi connectivity index (χ0v) is 15.4. The Morgan fingerprint density at radius 3 is 2.93 bits per heavy atom. The molecule has 3 aromatic rings. The smallest absolute Gasteiger partial charge is 0.263 e. The van der Waals surface area contributed by atoms with E-state index in [2.05, 4.69) is 30.6 Å². The van der Waals surface area contributed by atoms with Crippen LogP contribution in [0.2, 0.25) is 0 Å². The Hall–Kier alpha value is -3.40. The first-order chi connectivity index (χ1) is 13.0. The van der Waals surface area contributed by atoms with Crippen molar-refractivity contribution in [2.75, 3.05) is 50.7 Å². The average molecular weight is 370 g/mol. The summed E-state index contributed by atoms with van der Waals surface area (Å²) in [6.45, 7) is 1.57. The van der Waals surface area contributed by atoms with Crippen molar-refractivity contribution in [1.29, 1.82) is 0 Å². The van der Waals surface area contributed by atoms with E-state index in [4.69, 9.17) is 10.5 Å². The number of anilines is 3. The molecule has 1 amide bonds. The summed E-state index contributed by atoms with van der Waals surface area (Å²) in [6, 6.07) is 3.43. The molecule has 0 unspecified atom stereocenters. The summed E-state index contributed by atoms with van der Waals surface area (Å²) in [5, 5.41) is 10.1. The molecular weight excluding hydrogens is 348 g/mol. The van der Waals surface area contributed by atoms with Gasteiger partial charge in [-0.3, -0.25) is 9.78 Å². The molecule has 10 nitrogen and oxygen atoms in total. The van der Waals surface area contributed by atoms with Gasteiger partial charge in [0.1, 0.15) is 22.8 Å². The second-order valence-electron chi connectivity index (χ2n) is 6.10. The lowest BCUT2D eigenvalue weighted by Crippen LogP contribution is -2.21. The zero-order valence-electron chi connectivity index (χ0n) is 15.4. The minimum absolute atomic E-state index is 0.0910. The first-order valence-corrected chi connectivity index (χ1v) is 8.32. The van der Waals surface area contributed by atoms with E-state index in [0.717, 1.165) is 6.54 Å². The van der Waals surface area contributed by atoms with Crippen LogP contribution in [0, 0.1) is 0 Å². The number of fused-ring (bicyclic) bond motifs is 1. The fraction of sp³-hybridized carbons (Fsp3) is 0.294. The van der Waals surface area contributed by atoms with Gasteiger partial charge in [-0.2, -0.15) is 0 Å². The Labute approximate surface area is 156 Å². The fourth-order valence-electron chi connectivity index (χ4n) is 2.51. The van der Waals surface area contributed by atoms with Gasteiger partial charge in [0, 0.05) is 31.5 Å². The third kappa shape index (κ3) is 4.06. The molecule has 0 aliphatic rings. The van der Waals surface area contributed by atoms with Crippen molar-refractivity contribution in [2.45, 2.75) is 0 Å². The van der Waals surface area contributed by atoms with Crippen LogP contribution in [-0.4, -0.2) is 64.7 Å². The molecule has 0 aromatic carbocycles. The molecule has 0 aliphatic carbocycles. The van der Waals surface area contributed by atoms with Crippen molar-refractivity contribution >= 4 is 28.9 Å².